The van der Waals surface area contributed by atoms with Crippen LogP contribution in [0.4, 0.5) is 0 Å². The summed E-state index contributed by atoms with van der Waals surface area (Å²) in [7, 11) is 3.14. The van der Waals surface area contributed by atoms with Crippen molar-refractivity contribution in [3.05, 3.63) is 22.2 Å². The van der Waals surface area contributed by atoms with E-state index in [9.17, 15) is 5.11 Å². The summed E-state index contributed by atoms with van der Waals surface area (Å²) in [5.74, 6) is 1.29. The smallest absolute Gasteiger partial charge is 0.133 e. The normalized spacial score (nSPS) is 14.4. The SMILES string of the molecule is COc1cc([C@@H](N)[C@H](C)O)c(OC)cc1Br. The molecule has 2 atom stereocenters. The van der Waals surface area contributed by atoms with Crippen LogP contribution >= 0.6 is 15.9 Å². The predicted molar refractivity (Wildman–Crippen MR) is 65.9 cm³/mol. The lowest BCUT2D eigenvalue weighted by atomic mass is 10.0. The molecule has 0 radical (unpaired) electrons. The van der Waals surface area contributed by atoms with Crippen LogP contribution in [0.5, 0.6) is 11.5 Å². The molecule has 0 aromatic heterocycles. The minimum atomic E-state index is -0.653. The van der Waals surface area contributed by atoms with Gasteiger partial charge < -0.3 is 20.3 Å². The molecule has 0 heterocycles. The molecular formula is C11H16BrNO3. The van der Waals surface area contributed by atoms with Gasteiger partial charge in [-0.05, 0) is 35.0 Å². The van der Waals surface area contributed by atoms with Gasteiger partial charge in [-0.25, -0.2) is 0 Å². The second kappa shape index (κ2) is 5.52. The second-order valence-electron chi connectivity index (χ2n) is 3.50. The first-order valence-corrected chi connectivity index (χ1v) is 5.65. The van der Waals surface area contributed by atoms with Crippen molar-refractivity contribution in [1.82, 2.24) is 0 Å². The van der Waals surface area contributed by atoms with Crippen LogP contribution in [0.25, 0.3) is 0 Å². The summed E-state index contributed by atoms with van der Waals surface area (Å²) in [6.45, 7) is 1.64. The Hall–Kier alpha value is -0.780. The van der Waals surface area contributed by atoms with Gasteiger partial charge >= 0.3 is 0 Å². The molecular weight excluding hydrogens is 274 g/mol. The fourth-order valence-electron chi connectivity index (χ4n) is 1.40. The summed E-state index contributed by atoms with van der Waals surface area (Å²) in [5, 5.41) is 9.49. The van der Waals surface area contributed by atoms with Crippen LogP contribution in [0.1, 0.15) is 18.5 Å². The Morgan fingerprint density at radius 1 is 1.25 bits per heavy atom. The Kier molecular flexibility index (Phi) is 4.58. The molecule has 0 aliphatic rings. The van der Waals surface area contributed by atoms with Crippen LogP contribution in [0.3, 0.4) is 0 Å². The van der Waals surface area contributed by atoms with Crippen molar-refractivity contribution >= 4 is 15.9 Å². The highest BCUT2D eigenvalue weighted by molar-refractivity contribution is 9.10. The average molecular weight is 290 g/mol. The van der Waals surface area contributed by atoms with Crippen LogP contribution < -0.4 is 15.2 Å². The van der Waals surface area contributed by atoms with Crippen LogP contribution in [0.15, 0.2) is 16.6 Å². The van der Waals surface area contributed by atoms with Gasteiger partial charge in [-0.2, -0.15) is 0 Å². The fourth-order valence-corrected chi connectivity index (χ4v) is 1.89. The van der Waals surface area contributed by atoms with E-state index in [1.807, 2.05) is 0 Å². The summed E-state index contributed by atoms with van der Waals surface area (Å²) in [4.78, 5) is 0. The fraction of sp³-hybridized carbons (Fsp3) is 0.455. The number of benzene rings is 1. The average Bonchev–Trinajstić information content (AvgIpc) is 2.27. The van der Waals surface area contributed by atoms with E-state index in [2.05, 4.69) is 15.9 Å². The molecule has 1 rings (SSSR count). The Morgan fingerprint density at radius 3 is 2.25 bits per heavy atom. The van der Waals surface area contributed by atoms with Crippen molar-refractivity contribution in [2.24, 2.45) is 5.73 Å². The lowest BCUT2D eigenvalue weighted by molar-refractivity contribution is 0.162. The molecule has 0 amide bonds. The van der Waals surface area contributed by atoms with E-state index in [0.29, 0.717) is 11.5 Å². The van der Waals surface area contributed by atoms with E-state index in [4.69, 9.17) is 15.2 Å². The van der Waals surface area contributed by atoms with E-state index < -0.39 is 12.1 Å². The second-order valence-corrected chi connectivity index (χ2v) is 4.35. The molecule has 0 saturated heterocycles. The number of aliphatic hydroxyl groups excluding tert-OH is 1. The summed E-state index contributed by atoms with van der Waals surface area (Å²) in [6, 6.07) is 3.04. The molecule has 0 aliphatic heterocycles. The molecule has 1 aromatic rings. The van der Waals surface area contributed by atoms with Crippen LogP contribution in [0, 0.1) is 0 Å². The lowest BCUT2D eigenvalue weighted by Gasteiger charge is -2.19. The molecule has 0 aliphatic carbocycles. The molecule has 16 heavy (non-hydrogen) atoms. The lowest BCUT2D eigenvalue weighted by Crippen LogP contribution is -2.23. The third kappa shape index (κ3) is 2.66. The van der Waals surface area contributed by atoms with Crippen molar-refractivity contribution in [3.63, 3.8) is 0 Å². The summed E-state index contributed by atoms with van der Waals surface area (Å²) in [6.07, 6.45) is -0.653. The third-order valence-corrected chi connectivity index (χ3v) is 3.00. The van der Waals surface area contributed by atoms with Gasteiger partial charge in [0.25, 0.3) is 0 Å². The Balaban J connectivity index is 3.24. The molecule has 0 saturated carbocycles. The highest BCUT2D eigenvalue weighted by Gasteiger charge is 2.19. The van der Waals surface area contributed by atoms with Gasteiger partial charge in [0.05, 0.1) is 30.8 Å². The van der Waals surface area contributed by atoms with E-state index in [-0.39, 0.29) is 0 Å². The number of halogens is 1. The molecule has 90 valence electrons. The highest BCUT2D eigenvalue weighted by Crippen LogP contribution is 2.35. The largest absolute Gasteiger partial charge is 0.496 e. The zero-order valence-corrected chi connectivity index (χ0v) is 11.1. The first-order valence-electron chi connectivity index (χ1n) is 4.86. The maximum atomic E-state index is 9.49. The first-order chi connectivity index (χ1) is 7.51. The van der Waals surface area contributed by atoms with Gasteiger partial charge in [0.1, 0.15) is 11.5 Å². The molecule has 0 spiro atoms. The van der Waals surface area contributed by atoms with E-state index in [0.717, 1.165) is 10.0 Å². The van der Waals surface area contributed by atoms with Crippen LogP contribution in [-0.2, 0) is 0 Å². The Labute approximate surface area is 103 Å². The number of methoxy groups -OCH3 is 2. The van der Waals surface area contributed by atoms with Gasteiger partial charge in [-0.15, -0.1) is 0 Å². The van der Waals surface area contributed by atoms with Crippen molar-refractivity contribution in [2.75, 3.05) is 14.2 Å². The molecule has 5 heteroatoms. The number of rotatable bonds is 4. The topological polar surface area (TPSA) is 64.7 Å². The third-order valence-electron chi connectivity index (χ3n) is 2.38. The van der Waals surface area contributed by atoms with Crippen molar-refractivity contribution in [1.29, 1.82) is 0 Å². The molecule has 0 unspecified atom stereocenters. The standard InChI is InChI=1S/C11H16BrNO3/c1-6(14)11(13)7-4-10(16-3)8(12)5-9(7)15-2/h4-6,11,14H,13H2,1-3H3/t6-,11-/m0/s1. The maximum Gasteiger partial charge on any atom is 0.133 e. The summed E-state index contributed by atoms with van der Waals surface area (Å²) < 4.78 is 11.2. The van der Waals surface area contributed by atoms with Gasteiger partial charge in [0.15, 0.2) is 0 Å². The van der Waals surface area contributed by atoms with Gasteiger partial charge in [-0.3, -0.25) is 0 Å². The minimum Gasteiger partial charge on any atom is -0.496 e. The van der Waals surface area contributed by atoms with Gasteiger partial charge in [-0.1, -0.05) is 0 Å². The number of ether oxygens (including phenoxy) is 2. The zero-order valence-electron chi connectivity index (χ0n) is 9.53. The van der Waals surface area contributed by atoms with E-state index >= 15 is 0 Å². The highest BCUT2D eigenvalue weighted by atomic mass is 79.9. The molecule has 1 aromatic carbocycles. The first kappa shape index (κ1) is 13.3. The van der Waals surface area contributed by atoms with E-state index in [1.165, 1.54) is 0 Å². The number of hydrogen-bond acceptors (Lipinski definition) is 4. The molecule has 4 nitrogen and oxygen atoms in total. The minimum absolute atomic E-state index is 0.503. The van der Waals surface area contributed by atoms with Crippen LogP contribution in [-0.4, -0.2) is 25.4 Å². The summed E-state index contributed by atoms with van der Waals surface area (Å²) >= 11 is 3.36. The number of hydrogen-bond donors (Lipinski definition) is 2. The molecule has 0 fully saturated rings. The molecule has 3 N–H and O–H groups in total. The van der Waals surface area contributed by atoms with E-state index in [1.54, 1.807) is 33.3 Å². The number of aliphatic hydroxyl groups is 1. The van der Waals surface area contributed by atoms with Gasteiger partial charge in [0, 0.05) is 5.56 Å². The maximum absolute atomic E-state index is 9.49. The van der Waals surface area contributed by atoms with Gasteiger partial charge in [0.2, 0.25) is 0 Å². The Bertz CT molecular complexity index is 368. The van der Waals surface area contributed by atoms with Crippen molar-refractivity contribution < 1.29 is 14.6 Å². The zero-order chi connectivity index (χ0) is 12.3. The monoisotopic (exact) mass is 289 g/mol. The Morgan fingerprint density at radius 2 is 1.81 bits per heavy atom. The van der Waals surface area contributed by atoms with Crippen molar-refractivity contribution in [3.8, 4) is 11.5 Å². The summed E-state index contributed by atoms with van der Waals surface area (Å²) in [5.41, 5.74) is 6.61. The van der Waals surface area contributed by atoms with Crippen molar-refractivity contribution in [2.45, 2.75) is 19.1 Å². The number of nitrogens with two attached hydrogens (primary N) is 1. The molecule has 0 bridgehead atoms. The van der Waals surface area contributed by atoms with Crippen LogP contribution in [0.2, 0.25) is 0 Å². The quantitative estimate of drug-likeness (QED) is 0.888. The predicted octanol–water partition coefficient (Wildman–Crippen LogP) is 1.85.